The summed E-state index contributed by atoms with van der Waals surface area (Å²) < 4.78 is 4.93. The maximum atomic E-state index is 11.1. The van der Waals surface area contributed by atoms with E-state index in [0.29, 0.717) is 6.61 Å². The highest BCUT2D eigenvalue weighted by Crippen LogP contribution is 2.29. The molecule has 4 heteroatoms. The summed E-state index contributed by atoms with van der Waals surface area (Å²) in [6, 6.07) is 9.31. The zero-order chi connectivity index (χ0) is 11.8. The van der Waals surface area contributed by atoms with Crippen molar-refractivity contribution in [2.75, 3.05) is 19.5 Å². The van der Waals surface area contributed by atoms with Crippen molar-refractivity contribution in [2.24, 2.45) is 0 Å². The Morgan fingerprint density at radius 3 is 2.69 bits per heavy atom. The maximum Gasteiger partial charge on any atom is 0.321 e. The lowest BCUT2D eigenvalue weighted by atomic mass is 10.1. The van der Waals surface area contributed by atoms with Gasteiger partial charge in [0, 0.05) is 13.7 Å². The highest BCUT2D eigenvalue weighted by Gasteiger charge is 2.19. The fourth-order valence-corrected chi connectivity index (χ4v) is 2.35. The lowest BCUT2D eigenvalue weighted by molar-refractivity contribution is -0.136. The number of benzene rings is 1. The highest BCUT2D eigenvalue weighted by atomic mass is 32.2. The van der Waals surface area contributed by atoms with Gasteiger partial charge in [0.1, 0.15) is 5.25 Å². The largest absolute Gasteiger partial charge is 0.480 e. The molecule has 1 N–H and O–H groups in total. The molecule has 0 radical (unpaired) electrons. The number of hydrogen-bond donors (Lipinski definition) is 1. The molecule has 16 heavy (non-hydrogen) atoms. The van der Waals surface area contributed by atoms with Crippen LogP contribution < -0.4 is 0 Å². The Hall–Kier alpha value is -1.00. The van der Waals surface area contributed by atoms with E-state index in [1.165, 1.54) is 11.8 Å². The Balaban J connectivity index is 2.52. The lowest BCUT2D eigenvalue weighted by Crippen LogP contribution is -2.09. The minimum absolute atomic E-state index is 0.474. The molecule has 0 bridgehead atoms. The number of carboxylic acid groups (broad SMARTS) is 1. The molecule has 0 aliphatic rings. The van der Waals surface area contributed by atoms with Crippen LogP contribution in [0.1, 0.15) is 17.2 Å². The van der Waals surface area contributed by atoms with Crippen LogP contribution in [0.2, 0.25) is 0 Å². The van der Waals surface area contributed by atoms with Gasteiger partial charge in [-0.25, -0.2) is 0 Å². The van der Waals surface area contributed by atoms with Crippen LogP contribution in [0.15, 0.2) is 30.3 Å². The lowest BCUT2D eigenvalue weighted by Gasteiger charge is -2.11. The molecule has 0 fully saturated rings. The van der Waals surface area contributed by atoms with E-state index in [-0.39, 0.29) is 0 Å². The number of carbonyl (C=O) groups is 1. The summed E-state index contributed by atoms with van der Waals surface area (Å²) in [5.74, 6) is 0.00768. The molecule has 0 heterocycles. The van der Waals surface area contributed by atoms with Crippen molar-refractivity contribution < 1.29 is 14.6 Å². The number of hydrogen-bond acceptors (Lipinski definition) is 3. The van der Waals surface area contributed by atoms with Gasteiger partial charge < -0.3 is 9.84 Å². The van der Waals surface area contributed by atoms with Gasteiger partial charge >= 0.3 is 5.97 Å². The minimum Gasteiger partial charge on any atom is -0.480 e. The first kappa shape index (κ1) is 13.1. The summed E-state index contributed by atoms with van der Waals surface area (Å²) in [7, 11) is 1.65. The predicted molar refractivity (Wildman–Crippen MR) is 65.8 cm³/mol. The van der Waals surface area contributed by atoms with Crippen LogP contribution in [0.5, 0.6) is 0 Å². The summed E-state index contributed by atoms with van der Waals surface area (Å²) in [4.78, 5) is 11.1. The average Bonchev–Trinajstić information content (AvgIpc) is 2.30. The van der Waals surface area contributed by atoms with Crippen molar-refractivity contribution in [3.05, 3.63) is 35.9 Å². The molecule has 0 saturated carbocycles. The molecule has 0 amide bonds. The number of rotatable bonds is 7. The monoisotopic (exact) mass is 240 g/mol. The smallest absolute Gasteiger partial charge is 0.321 e. The molecule has 1 rings (SSSR count). The van der Waals surface area contributed by atoms with E-state index in [1.807, 2.05) is 30.3 Å². The maximum absolute atomic E-state index is 11.1. The van der Waals surface area contributed by atoms with Crippen LogP contribution in [0, 0.1) is 0 Å². The van der Waals surface area contributed by atoms with E-state index in [4.69, 9.17) is 9.84 Å². The van der Waals surface area contributed by atoms with E-state index in [1.54, 1.807) is 7.11 Å². The Bertz CT molecular complexity index is 313. The Morgan fingerprint density at radius 1 is 1.44 bits per heavy atom. The topological polar surface area (TPSA) is 46.5 Å². The van der Waals surface area contributed by atoms with Crippen molar-refractivity contribution >= 4 is 17.7 Å². The van der Waals surface area contributed by atoms with Gasteiger partial charge in [-0.15, -0.1) is 11.8 Å². The molecule has 1 unspecified atom stereocenters. The van der Waals surface area contributed by atoms with Gasteiger partial charge in [0.15, 0.2) is 0 Å². The molecular formula is C12H16O3S. The first-order valence-electron chi connectivity index (χ1n) is 5.14. The van der Waals surface area contributed by atoms with Crippen LogP contribution in [0.25, 0.3) is 0 Å². The van der Waals surface area contributed by atoms with Gasteiger partial charge in [-0.3, -0.25) is 4.79 Å². The summed E-state index contributed by atoms with van der Waals surface area (Å²) >= 11 is 1.44. The average molecular weight is 240 g/mol. The third-order valence-electron chi connectivity index (χ3n) is 2.10. The molecule has 3 nitrogen and oxygen atoms in total. The van der Waals surface area contributed by atoms with Crippen LogP contribution >= 0.6 is 11.8 Å². The molecule has 0 spiro atoms. The number of aliphatic carboxylic acids is 1. The quantitative estimate of drug-likeness (QED) is 0.744. The number of thioether (sulfide) groups is 1. The third kappa shape index (κ3) is 4.24. The summed E-state index contributed by atoms with van der Waals surface area (Å²) in [5.41, 5.74) is 0.845. The van der Waals surface area contributed by atoms with Crippen LogP contribution in [0.4, 0.5) is 0 Å². The molecule has 0 aliphatic heterocycles. The predicted octanol–water partition coefficient (Wildman–Crippen LogP) is 2.58. The normalized spacial score (nSPS) is 12.3. The summed E-state index contributed by atoms with van der Waals surface area (Å²) in [5, 5.41) is 8.66. The second kappa shape index (κ2) is 7.30. The number of ether oxygens (including phenoxy) is 1. The van der Waals surface area contributed by atoms with Crippen molar-refractivity contribution in [3.8, 4) is 0 Å². The molecule has 0 aliphatic carbocycles. The Kier molecular flexibility index (Phi) is 5.96. The van der Waals surface area contributed by atoms with E-state index in [2.05, 4.69) is 0 Å². The number of methoxy groups -OCH3 is 1. The van der Waals surface area contributed by atoms with Crippen molar-refractivity contribution in [1.82, 2.24) is 0 Å². The molecule has 88 valence electrons. The van der Waals surface area contributed by atoms with Crippen molar-refractivity contribution in [3.63, 3.8) is 0 Å². The summed E-state index contributed by atoms with van der Waals surface area (Å²) in [6.07, 6.45) is 0.873. The SMILES string of the molecule is COCCCSC(C(=O)O)c1ccccc1. The first-order valence-corrected chi connectivity index (χ1v) is 6.19. The van der Waals surface area contributed by atoms with E-state index >= 15 is 0 Å². The zero-order valence-corrected chi connectivity index (χ0v) is 10.1. The molecule has 0 saturated heterocycles. The first-order chi connectivity index (χ1) is 7.75. The number of carboxylic acids is 1. The van der Waals surface area contributed by atoms with Crippen LogP contribution in [-0.2, 0) is 9.53 Å². The van der Waals surface area contributed by atoms with Crippen molar-refractivity contribution in [1.29, 1.82) is 0 Å². The van der Waals surface area contributed by atoms with Gasteiger partial charge in [0.25, 0.3) is 0 Å². The molecular weight excluding hydrogens is 224 g/mol. The highest BCUT2D eigenvalue weighted by molar-refractivity contribution is 8.00. The fourth-order valence-electron chi connectivity index (χ4n) is 1.34. The van der Waals surface area contributed by atoms with Gasteiger partial charge in [-0.2, -0.15) is 0 Å². The second-order valence-electron chi connectivity index (χ2n) is 3.35. The van der Waals surface area contributed by atoms with Crippen LogP contribution in [-0.4, -0.2) is 30.5 Å². The molecule has 1 aromatic rings. The van der Waals surface area contributed by atoms with E-state index in [9.17, 15) is 4.79 Å². The second-order valence-corrected chi connectivity index (χ2v) is 4.56. The Labute approximate surface area is 99.8 Å². The molecule has 1 aromatic carbocycles. The molecule has 0 aromatic heterocycles. The summed E-state index contributed by atoms with van der Waals surface area (Å²) in [6.45, 7) is 0.675. The fraction of sp³-hybridized carbons (Fsp3) is 0.417. The Morgan fingerprint density at radius 2 is 2.12 bits per heavy atom. The van der Waals surface area contributed by atoms with Crippen molar-refractivity contribution in [2.45, 2.75) is 11.7 Å². The van der Waals surface area contributed by atoms with E-state index < -0.39 is 11.2 Å². The zero-order valence-electron chi connectivity index (χ0n) is 9.26. The van der Waals surface area contributed by atoms with Gasteiger partial charge in [0.2, 0.25) is 0 Å². The van der Waals surface area contributed by atoms with Gasteiger partial charge in [-0.1, -0.05) is 30.3 Å². The minimum atomic E-state index is -0.784. The van der Waals surface area contributed by atoms with E-state index in [0.717, 1.165) is 17.7 Å². The van der Waals surface area contributed by atoms with Gasteiger partial charge in [-0.05, 0) is 17.7 Å². The van der Waals surface area contributed by atoms with Gasteiger partial charge in [0.05, 0.1) is 0 Å². The van der Waals surface area contributed by atoms with Crippen LogP contribution in [0.3, 0.4) is 0 Å². The molecule has 1 atom stereocenters. The third-order valence-corrected chi connectivity index (χ3v) is 3.44. The standard InChI is InChI=1S/C12H16O3S/c1-15-8-5-9-16-11(12(13)14)10-6-3-2-4-7-10/h2-4,6-7,11H,5,8-9H2,1H3,(H,13,14).